The minimum absolute atomic E-state index is 0.112. The maximum Gasteiger partial charge on any atom is 0.264 e. The third kappa shape index (κ3) is 6.30. The lowest BCUT2D eigenvalue weighted by Gasteiger charge is -2.29. The van der Waals surface area contributed by atoms with Gasteiger partial charge in [-0.15, -0.1) is 0 Å². The smallest absolute Gasteiger partial charge is 0.264 e. The molecule has 202 valence electrons. The van der Waals surface area contributed by atoms with E-state index in [2.05, 4.69) is 22.3 Å². The number of nitrogens with zero attached hydrogens (tertiary/aromatic N) is 2. The number of ether oxygens (including phenoxy) is 1. The third-order valence-electron chi connectivity index (χ3n) is 6.99. The normalized spacial score (nSPS) is 14.6. The molecule has 7 nitrogen and oxygen atoms in total. The number of piperidine rings is 1. The number of nitrogens with one attached hydrogen (secondary N) is 1. The molecule has 8 heteroatoms. The monoisotopic (exact) mass is 535 g/mol. The van der Waals surface area contributed by atoms with Crippen molar-refractivity contribution in [3.05, 3.63) is 83.4 Å². The first kappa shape index (κ1) is 27.5. The van der Waals surface area contributed by atoms with E-state index in [0.29, 0.717) is 11.4 Å². The minimum Gasteiger partial charge on any atom is -0.495 e. The molecule has 1 fully saturated rings. The predicted molar refractivity (Wildman–Crippen MR) is 153 cm³/mol. The molecule has 1 aliphatic rings. The van der Waals surface area contributed by atoms with Crippen LogP contribution in [0.25, 0.3) is 0 Å². The molecule has 4 rings (SSSR count). The molecule has 3 aromatic rings. The van der Waals surface area contributed by atoms with Crippen LogP contribution in [0.2, 0.25) is 0 Å². The van der Waals surface area contributed by atoms with Crippen LogP contribution in [-0.2, 0) is 14.8 Å². The quantitative estimate of drug-likeness (QED) is 0.398. The highest BCUT2D eigenvalue weighted by atomic mass is 32.2. The molecule has 0 bridgehead atoms. The predicted octanol–water partition coefficient (Wildman–Crippen LogP) is 5.38. The van der Waals surface area contributed by atoms with Crippen LogP contribution in [0.15, 0.2) is 71.6 Å². The molecule has 38 heavy (non-hydrogen) atoms. The zero-order chi connectivity index (χ0) is 27.3. The maximum atomic E-state index is 13.8. The maximum absolute atomic E-state index is 13.8. The number of sulfonamides is 1. The van der Waals surface area contributed by atoms with Gasteiger partial charge in [0.2, 0.25) is 5.91 Å². The average Bonchev–Trinajstić information content (AvgIpc) is 2.92. The Morgan fingerprint density at radius 1 is 0.947 bits per heavy atom. The van der Waals surface area contributed by atoms with E-state index in [-0.39, 0.29) is 17.5 Å². The number of hydrogen-bond donors (Lipinski definition) is 1. The number of amides is 1. The molecule has 1 heterocycles. The lowest BCUT2D eigenvalue weighted by atomic mass is 10.1. The van der Waals surface area contributed by atoms with Gasteiger partial charge in [0.15, 0.2) is 0 Å². The highest BCUT2D eigenvalue weighted by Gasteiger charge is 2.30. The number of benzene rings is 3. The van der Waals surface area contributed by atoms with E-state index in [1.54, 1.807) is 36.4 Å². The second-order valence-electron chi connectivity index (χ2n) is 9.93. The summed E-state index contributed by atoms with van der Waals surface area (Å²) in [5.41, 5.74) is 4.27. The number of carbonyl (C=O) groups is 1. The number of carbonyl (C=O) groups excluding carboxylic acids is 1. The fourth-order valence-corrected chi connectivity index (χ4v) is 6.18. The van der Waals surface area contributed by atoms with Crippen molar-refractivity contribution in [2.75, 3.05) is 35.9 Å². The zero-order valence-corrected chi connectivity index (χ0v) is 23.4. The Hall–Kier alpha value is -3.52. The highest BCUT2D eigenvalue weighted by molar-refractivity contribution is 7.92. The first-order valence-electron chi connectivity index (χ1n) is 13.1. The molecular weight excluding hydrogens is 498 g/mol. The lowest BCUT2D eigenvalue weighted by Crippen LogP contribution is -2.41. The Morgan fingerprint density at radius 3 is 2.21 bits per heavy atom. The van der Waals surface area contributed by atoms with Gasteiger partial charge in [0.25, 0.3) is 10.0 Å². The summed E-state index contributed by atoms with van der Waals surface area (Å²) in [4.78, 5) is 15.8. The van der Waals surface area contributed by atoms with Crippen molar-refractivity contribution in [3.63, 3.8) is 0 Å². The Kier molecular flexibility index (Phi) is 8.62. The summed E-state index contributed by atoms with van der Waals surface area (Å²) in [6.45, 7) is 7.42. The third-order valence-corrected chi connectivity index (χ3v) is 8.76. The molecule has 1 N–H and O–H groups in total. The van der Waals surface area contributed by atoms with Crippen LogP contribution in [0.4, 0.5) is 11.4 Å². The molecule has 0 radical (unpaired) electrons. The summed E-state index contributed by atoms with van der Waals surface area (Å²) in [5.74, 6) is -0.0303. The number of methoxy groups -OCH3 is 1. The second-order valence-corrected chi connectivity index (χ2v) is 11.8. The van der Waals surface area contributed by atoms with E-state index in [9.17, 15) is 13.2 Å². The van der Waals surface area contributed by atoms with Gasteiger partial charge in [0.05, 0.1) is 23.7 Å². The van der Waals surface area contributed by atoms with Crippen LogP contribution in [0.3, 0.4) is 0 Å². The van der Waals surface area contributed by atoms with Gasteiger partial charge >= 0.3 is 0 Å². The summed E-state index contributed by atoms with van der Waals surface area (Å²) in [5, 5.41) is 2.98. The number of anilines is 2. The van der Waals surface area contributed by atoms with Crippen LogP contribution < -0.4 is 19.3 Å². The van der Waals surface area contributed by atoms with Crippen LogP contribution in [0.5, 0.6) is 5.75 Å². The van der Waals surface area contributed by atoms with Crippen LogP contribution in [-0.4, -0.2) is 41.1 Å². The molecule has 0 spiro atoms. The van der Waals surface area contributed by atoms with Crippen molar-refractivity contribution >= 4 is 27.3 Å². The molecule has 1 amide bonds. The molecule has 1 unspecified atom stereocenters. The van der Waals surface area contributed by atoms with Crippen molar-refractivity contribution in [2.24, 2.45) is 0 Å². The summed E-state index contributed by atoms with van der Waals surface area (Å²) < 4.78 is 34.2. The minimum atomic E-state index is -4.05. The van der Waals surface area contributed by atoms with Gasteiger partial charge in [-0.2, -0.15) is 0 Å². The van der Waals surface area contributed by atoms with Crippen LogP contribution in [0, 0.1) is 13.8 Å². The molecule has 0 aromatic heterocycles. The number of rotatable bonds is 9. The van der Waals surface area contributed by atoms with E-state index in [0.717, 1.165) is 34.1 Å². The van der Waals surface area contributed by atoms with Gasteiger partial charge in [0.1, 0.15) is 12.3 Å². The topological polar surface area (TPSA) is 79.0 Å². The van der Waals surface area contributed by atoms with Crippen LogP contribution in [0.1, 0.15) is 48.9 Å². The molecule has 1 aliphatic heterocycles. The van der Waals surface area contributed by atoms with E-state index in [4.69, 9.17) is 4.74 Å². The molecular formula is C30H37N3O4S. The van der Waals surface area contributed by atoms with Gasteiger partial charge in [0, 0.05) is 18.8 Å². The Bertz CT molecular complexity index is 1350. The number of hydrogen-bond acceptors (Lipinski definition) is 5. The summed E-state index contributed by atoms with van der Waals surface area (Å²) in [7, 11) is -2.56. The van der Waals surface area contributed by atoms with Crippen molar-refractivity contribution in [1.82, 2.24) is 5.32 Å². The van der Waals surface area contributed by atoms with E-state index in [1.165, 1.54) is 32.1 Å². The van der Waals surface area contributed by atoms with Crippen molar-refractivity contribution < 1.29 is 17.9 Å². The van der Waals surface area contributed by atoms with Crippen molar-refractivity contribution in [2.45, 2.75) is 51.0 Å². The molecule has 1 atom stereocenters. The molecule has 0 saturated carbocycles. The summed E-state index contributed by atoms with van der Waals surface area (Å²) in [6.07, 6.45) is 3.70. The van der Waals surface area contributed by atoms with Gasteiger partial charge in [-0.25, -0.2) is 8.42 Å². The fourth-order valence-electron chi connectivity index (χ4n) is 4.76. The SMILES string of the molecule is COc1ccc(C)cc1N(CC(=O)NC(C)c1ccc(N2CCCCC2)cc1)S(=O)(=O)c1ccc(C)cc1. The highest BCUT2D eigenvalue weighted by Crippen LogP contribution is 2.33. The Balaban J connectivity index is 1.56. The summed E-state index contributed by atoms with van der Waals surface area (Å²) in [6, 6.07) is 19.8. The second kappa shape index (κ2) is 11.9. The lowest BCUT2D eigenvalue weighted by molar-refractivity contribution is -0.120. The zero-order valence-electron chi connectivity index (χ0n) is 22.6. The van der Waals surface area contributed by atoms with Crippen molar-refractivity contribution in [3.8, 4) is 5.75 Å². The van der Waals surface area contributed by atoms with Gasteiger partial charge < -0.3 is 15.0 Å². The molecule has 0 aliphatic carbocycles. The van der Waals surface area contributed by atoms with E-state index >= 15 is 0 Å². The van der Waals surface area contributed by atoms with Gasteiger partial charge in [-0.05, 0) is 87.6 Å². The Morgan fingerprint density at radius 2 is 1.58 bits per heavy atom. The average molecular weight is 536 g/mol. The standard InChI is InChI=1S/C30H37N3O4S/c1-22-8-15-27(16-9-22)38(35,36)33(28-20-23(2)10-17-29(28)37-4)21-30(34)31-24(3)25-11-13-26(14-12-25)32-18-6-5-7-19-32/h8-17,20,24H,5-7,18-19,21H2,1-4H3,(H,31,34). The fraction of sp³-hybridized carbons (Fsp3) is 0.367. The summed E-state index contributed by atoms with van der Waals surface area (Å²) >= 11 is 0. The first-order valence-corrected chi connectivity index (χ1v) is 14.5. The van der Waals surface area contributed by atoms with Gasteiger partial charge in [-0.3, -0.25) is 9.10 Å². The molecule has 1 saturated heterocycles. The molecule has 3 aromatic carbocycles. The number of aryl methyl sites for hydroxylation is 2. The van der Waals surface area contributed by atoms with E-state index in [1.807, 2.05) is 39.0 Å². The van der Waals surface area contributed by atoms with E-state index < -0.39 is 15.9 Å². The first-order chi connectivity index (χ1) is 18.2. The largest absolute Gasteiger partial charge is 0.495 e. The van der Waals surface area contributed by atoms with Crippen molar-refractivity contribution in [1.29, 1.82) is 0 Å². The van der Waals surface area contributed by atoms with Gasteiger partial charge in [-0.1, -0.05) is 35.9 Å². The Labute approximate surface area is 226 Å². The van der Waals surface area contributed by atoms with Crippen LogP contribution >= 0.6 is 0 Å².